The fourth-order valence-electron chi connectivity index (χ4n) is 1.94. The largest absolute Gasteiger partial charge is 0.494 e. The molecule has 0 aliphatic carbocycles. The first-order chi connectivity index (χ1) is 9.69. The molecule has 112 valence electrons. The molecule has 0 radical (unpaired) electrons. The van der Waals surface area contributed by atoms with Crippen molar-refractivity contribution >= 4 is 29.4 Å². The van der Waals surface area contributed by atoms with Crippen LogP contribution in [0.5, 0.6) is 5.75 Å². The molecular weight excluding hydrogens is 306 g/mol. The highest BCUT2D eigenvalue weighted by atomic mass is 35.5. The molecule has 21 heavy (non-hydrogen) atoms. The van der Waals surface area contributed by atoms with Gasteiger partial charge in [0.05, 0.1) is 12.3 Å². The van der Waals surface area contributed by atoms with Gasteiger partial charge >= 0.3 is 0 Å². The van der Waals surface area contributed by atoms with Crippen molar-refractivity contribution in [2.24, 2.45) is 4.99 Å². The molecule has 0 atom stereocenters. The summed E-state index contributed by atoms with van der Waals surface area (Å²) in [5, 5.41) is 9.10. The van der Waals surface area contributed by atoms with E-state index >= 15 is 0 Å². The van der Waals surface area contributed by atoms with Gasteiger partial charge in [-0.25, -0.2) is 4.99 Å². The van der Waals surface area contributed by atoms with Crippen LogP contribution in [-0.4, -0.2) is 11.2 Å². The molecule has 2 aromatic rings. The summed E-state index contributed by atoms with van der Waals surface area (Å²) in [6, 6.07) is 9.88. The number of ether oxygens (including phenoxy) is 1. The molecule has 0 aliphatic heterocycles. The lowest BCUT2D eigenvalue weighted by Gasteiger charge is -2.03. The molecule has 0 amide bonds. The van der Waals surface area contributed by atoms with Gasteiger partial charge in [0.2, 0.25) is 0 Å². The first-order valence-corrected chi connectivity index (χ1v) is 7.39. The number of thiazole rings is 1. The van der Waals surface area contributed by atoms with Gasteiger partial charge in [-0.2, -0.15) is 5.26 Å². The van der Waals surface area contributed by atoms with E-state index in [9.17, 15) is 0 Å². The molecular formula is C15H18ClN3OS. The van der Waals surface area contributed by atoms with Gasteiger partial charge < -0.3 is 9.30 Å². The molecule has 1 heterocycles. The minimum atomic E-state index is 0. The fourth-order valence-corrected chi connectivity index (χ4v) is 2.95. The van der Waals surface area contributed by atoms with Gasteiger partial charge in [-0.3, -0.25) is 0 Å². The number of hydrogen-bond donors (Lipinski definition) is 0. The van der Waals surface area contributed by atoms with Gasteiger partial charge in [-0.05, 0) is 45.0 Å². The van der Waals surface area contributed by atoms with Crippen molar-refractivity contribution in [3.63, 3.8) is 0 Å². The van der Waals surface area contributed by atoms with E-state index in [0.717, 1.165) is 33.4 Å². The second kappa shape index (κ2) is 7.87. The zero-order chi connectivity index (χ0) is 14.5. The maximum Gasteiger partial charge on any atom is 0.191 e. The molecule has 0 spiro atoms. The lowest BCUT2D eigenvalue weighted by Crippen LogP contribution is -2.14. The van der Waals surface area contributed by atoms with Gasteiger partial charge in [0.25, 0.3) is 0 Å². The summed E-state index contributed by atoms with van der Waals surface area (Å²) in [5.74, 6) is 0.842. The molecule has 0 N–H and O–H groups in total. The summed E-state index contributed by atoms with van der Waals surface area (Å²) in [4.78, 5) is 6.19. The molecule has 0 saturated heterocycles. The summed E-state index contributed by atoms with van der Waals surface area (Å²) in [6.45, 7) is 7.43. The third kappa shape index (κ3) is 3.87. The van der Waals surface area contributed by atoms with Crippen LogP contribution in [-0.2, 0) is 6.54 Å². The van der Waals surface area contributed by atoms with E-state index in [4.69, 9.17) is 10.00 Å². The predicted molar refractivity (Wildman–Crippen MR) is 87.5 cm³/mol. The Balaban J connectivity index is 0.00000220. The van der Waals surface area contributed by atoms with Crippen molar-refractivity contribution < 1.29 is 4.74 Å². The summed E-state index contributed by atoms with van der Waals surface area (Å²) >= 11 is 1.42. The van der Waals surface area contributed by atoms with Crippen LogP contribution in [0.25, 0.3) is 0 Å². The van der Waals surface area contributed by atoms with Crippen LogP contribution in [0.3, 0.4) is 0 Å². The average Bonchev–Trinajstić information content (AvgIpc) is 2.76. The number of halogens is 1. The molecule has 2 rings (SSSR count). The molecule has 1 aromatic carbocycles. The second-order valence-electron chi connectivity index (χ2n) is 4.19. The van der Waals surface area contributed by atoms with Crippen LogP contribution in [0.1, 0.15) is 24.4 Å². The number of benzene rings is 1. The summed E-state index contributed by atoms with van der Waals surface area (Å²) in [5.41, 5.74) is 1.84. The van der Waals surface area contributed by atoms with Gasteiger partial charge in [0, 0.05) is 12.2 Å². The van der Waals surface area contributed by atoms with Crippen molar-refractivity contribution in [2.45, 2.75) is 27.3 Å². The monoisotopic (exact) mass is 323 g/mol. The van der Waals surface area contributed by atoms with Crippen LogP contribution in [0, 0.1) is 18.3 Å². The van der Waals surface area contributed by atoms with Crippen molar-refractivity contribution in [3.8, 4) is 11.8 Å². The topological polar surface area (TPSA) is 50.3 Å². The van der Waals surface area contributed by atoms with Gasteiger partial charge in [-0.15, -0.1) is 12.4 Å². The summed E-state index contributed by atoms with van der Waals surface area (Å²) < 4.78 is 7.46. The van der Waals surface area contributed by atoms with Crippen molar-refractivity contribution in [1.29, 1.82) is 5.26 Å². The minimum absolute atomic E-state index is 0. The van der Waals surface area contributed by atoms with E-state index in [1.807, 2.05) is 38.1 Å². The maximum absolute atomic E-state index is 9.10. The average molecular weight is 324 g/mol. The van der Waals surface area contributed by atoms with Gasteiger partial charge in [-0.1, -0.05) is 11.3 Å². The van der Waals surface area contributed by atoms with E-state index in [-0.39, 0.29) is 12.4 Å². The van der Waals surface area contributed by atoms with E-state index in [1.54, 1.807) is 0 Å². The van der Waals surface area contributed by atoms with Crippen LogP contribution in [0.2, 0.25) is 0 Å². The first kappa shape index (κ1) is 17.3. The molecule has 1 aromatic heterocycles. The minimum Gasteiger partial charge on any atom is -0.494 e. The third-order valence-corrected chi connectivity index (χ3v) is 4.03. The van der Waals surface area contributed by atoms with E-state index < -0.39 is 0 Å². The lowest BCUT2D eigenvalue weighted by atomic mass is 10.3. The highest BCUT2D eigenvalue weighted by Gasteiger charge is 2.07. The highest BCUT2D eigenvalue weighted by Crippen LogP contribution is 2.18. The standard InChI is InChI=1S/C15H17N3OS.ClH/c1-4-18-11(3)14(10-16)20-15(18)17-12-6-8-13(9-7-12)19-5-2;/h6-9H,4-5H2,1-3H3;1H. The predicted octanol–water partition coefficient (Wildman–Crippen LogP) is 3.80. The number of rotatable bonds is 4. The first-order valence-electron chi connectivity index (χ1n) is 6.57. The Morgan fingerprint density at radius 1 is 1.29 bits per heavy atom. The summed E-state index contributed by atoms with van der Waals surface area (Å²) in [6.07, 6.45) is 0. The number of nitriles is 1. The maximum atomic E-state index is 9.10. The van der Waals surface area contributed by atoms with Crippen LogP contribution < -0.4 is 9.54 Å². The fraction of sp³-hybridized carbons (Fsp3) is 0.333. The van der Waals surface area contributed by atoms with Crippen LogP contribution >= 0.6 is 23.7 Å². The number of nitrogens with zero attached hydrogens (tertiary/aromatic N) is 3. The molecule has 0 bridgehead atoms. The van der Waals surface area contributed by atoms with Crippen molar-refractivity contribution in [3.05, 3.63) is 39.6 Å². The highest BCUT2D eigenvalue weighted by molar-refractivity contribution is 7.09. The SMILES string of the molecule is CCOc1ccc(N=c2sc(C#N)c(C)n2CC)cc1.Cl. The molecule has 0 saturated carbocycles. The molecule has 6 heteroatoms. The Morgan fingerprint density at radius 3 is 2.48 bits per heavy atom. The van der Waals surface area contributed by atoms with E-state index in [1.165, 1.54) is 11.3 Å². The van der Waals surface area contributed by atoms with E-state index in [0.29, 0.717) is 6.61 Å². The zero-order valence-corrected chi connectivity index (χ0v) is 13.9. The normalized spacial score (nSPS) is 10.9. The Hall–Kier alpha value is -1.77. The van der Waals surface area contributed by atoms with Crippen molar-refractivity contribution in [1.82, 2.24) is 4.57 Å². The Bertz CT molecular complexity index is 695. The Labute approximate surface area is 134 Å². The van der Waals surface area contributed by atoms with Crippen LogP contribution in [0.4, 0.5) is 5.69 Å². The van der Waals surface area contributed by atoms with E-state index in [2.05, 4.69) is 22.6 Å². The quantitative estimate of drug-likeness (QED) is 0.859. The molecule has 4 nitrogen and oxygen atoms in total. The number of aromatic nitrogens is 1. The summed E-state index contributed by atoms with van der Waals surface area (Å²) in [7, 11) is 0. The van der Waals surface area contributed by atoms with Crippen LogP contribution in [0.15, 0.2) is 29.3 Å². The zero-order valence-electron chi connectivity index (χ0n) is 12.3. The molecule has 0 unspecified atom stereocenters. The molecule has 0 fully saturated rings. The molecule has 0 aliphatic rings. The Kier molecular flexibility index (Phi) is 6.47. The Morgan fingerprint density at radius 2 is 1.95 bits per heavy atom. The van der Waals surface area contributed by atoms with Gasteiger partial charge in [0.1, 0.15) is 16.7 Å². The number of hydrogen-bond acceptors (Lipinski definition) is 4. The smallest absolute Gasteiger partial charge is 0.191 e. The lowest BCUT2D eigenvalue weighted by molar-refractivity contribution is 0.340. The van der Waals surface area contributed by atoms with Gasteiger partial charge in [0.15, 0.2) is 4.80 Å². The van der Waals surface area contributed by atoms with Crippen molar-refractivity contribution in [2.75, 3.05) is 6.61 Å². The second-order valence-corrected chi connectivity index (χ2v) is 5.17. The third-order valence-electron chi connectivity index (χ3n) is 2.95.